The summed E-state index contributed by atoms with van der Waals surface area (Å²) >= 11 is 0. The molecule has 2 rings (SSSR count). The average Bonchev–Trinajstić information content (AvgIpc) is 2.61. The molecule has 2 aromatic rings. The molecule has 0 bridgehead atoms. The van der Waals surface area contributed by atoms with E-state index in [4.69, 9.17) is 9.47 Å². The maximum Gasteiger partial charge on any atom is 0.251 e. The van der Waals surface area contributed by atoms with Crippen molar-refractivity contribution in [2.45, 2.75) is 13.0 Å². The van der Waals surface area contributed by atoms with Crippen LogP contribution in [0.3, 0.4) is 0 Å². The molecule has 2 aromatic carbocycles. The van der Waals surface area contributed by atoms with Gasteiger partial charge in [0.1, 0.15) is 5.75 Å². The van der Waals surface area contributed by atoms with E-state index in [0.717, 1.165) is 17.1 Å². The number of ether oxygens (including phenoxy) is 2. The van der Waals surface area contributed by atoms with Crippen LogP contribution in [0.15, 0.2) is 48.5 Å². The first kappa shape index (κ1) is 17.8. The smallest absolute Gasteiger partial charge is 0.251 e. The highest BCUT2D eigenvalue weighted by molar-refractivity contribution is 5.94. The van der Waals surface area contributed by atoms with Gasteiger partial charge in [-0.05, 0) is 55.5 Å². The fourth-order valence-electron chi connectivity index (χ4n) is 2.39. The number of methoxy groups -OCH3 is 2. The number of rotatable bonds is 7. The van der Waals surface area contributed by atoms with E-state index in [1.807, 2.05) is 62.5 Å². The molecule has 0 aliphatic carbocycles. The van der Waals surface area contributed by atoms with Gasteiger partial charge in [0.05, 0.1) is 13.7 Å². The molecule has 0 spiro atoms. The summed E-state index contributed by atoms with van der Waals surface area (Å²) in [5.74, 6) is 0.725. The van der Waals surface area contributed by atoms with Crippen molar-refractivity contribution in [2.75, 3.05) is 32.8 Å². The lowest BCUT2D eigenvalue weighted by molar-refractivity contribution is 0.0905. The Kier molecular flexibility index (Phi) is 6.21. The van der Waals surface area contributed by atoms with E-state index in [0.29, 0.717) is 12.2 Å². The maximum absolute atomic E-state index is 12.2. The minimum Gasteiger partial charge on any atom is -0.497 e. The third kappa shape index (κ3) is 4.49. The van der Waals surface area contributed by atoms with Gasteiger partial charge in [-0.3, -0.25) is 4.79 Å². The second-order valence-electron chi connectivity index (χ2n) is 5.63. The van der Waals surface area contributed by atoms with E-state index in [1.54, 1.807) is 14.2 Å². The lowest BCUT2D eigenvalue weighted by Crippen LogP contribution is -2.35. The van der Waals surface area contributed by atoms with Gasteiger partial charge in [0, 0.05) is 37.1 Å². The van der Waals surface area contributed by atoms with Gasteiger partial charge >= 0.3 is 0 Å². The number of anilines is 2. The predicted octanol–water partition coefficient (Wildman–Crippen LogP) is 3.23. The molecule has 0 aromatic heterocycles. The van der Waals surface area contributed by atoms with Crippen LogP contribution >= 0.6 is 0 Å². The first-order valence-electron chi connectivity index (χ1n) is 7.82. The van der Waals surface area contributed by atoms with Crippen LogP contribution in [0.2, 0.25) is 0 Å². The number of hydrogen-bond acceptors (Lipinski definition) is 4. The lowest BCUT2D eigenvalue weighted by Gasteiger charge is -2.20. The highest BCUT2D eigenvalue weighted by Gasteiger charge is 2.10. The fourth-order valence-corrected chi connectivity index (χ4v) is 2.39. The summed E-state index contributed by atoms with van der Waals surface area (Å²) < 4.78 is 10.2. The quantitative estimate of drug-likeness (QED) is 0.848. The monoisotopic (exact) mass is 328 g/mol. The van der Waals surface area contributed by atoms with E-state index in [1.165, 1.54) is 0 Å². The van der Waals surface area contributed by atoms with E-state index < -0.39 is 0 Å². The highest BCUT2D eigenvalue weighted by Crippen LogP contribution is 2.25. The molecule has 5 nitrogen and oxygen atoms in total. The summed E-state index contributed by atoms with van der Waals surface area (Å²) in [5, 5.41) is 2.90. The molecule has 0 radical (unpaired) electrons. The number of hydrogen-bond donors (Lipinski definition) is 1. The molecule has 0 aliphatic rings. The molecular formula is C19H24N2O3. The average molecular weight is 328 g/mol. The number of carbonyl (C=O) groups is 1. The zero-order valence-electron chi connectivity index (χ0n) is 14.6. The van der Waals surface area contributed by atoms with Crippen molar-refractivity contribution in [3.05, 3.63) is 54.1 Å². The number of nitrogens with zero attached hydrogens (tertiary/aromatic N) is 1. The fraction of sp³-hybridized carbons (Fsp3) is 0.316. The van der Waals surface area contributed by atoms with Gasteiger partial charge in [0.15, 0.2) is 0 Å². The second kappa shape index (κ2) is 8.36. The predicted molar refractivity (Wildman–Crippen MR) is 96.3 cm³/mol. The summed E-state index contributed by atoms with van der Waals surface area (Å²) in [7, 11) is 5.25. The molecule has 0 aliphatic heterocycles. The van der Waals surface area contributed by atoms with Gasteiger partial charge in [-0.25, -0.2) is 0 Å². The van der Waals surface area contributed by atoms with Gasteiger partial charge in [0.2, 0.25) is 0 Å². The summed E-state index contributed by atoms with van der Waals surface area (Å²) in [6.07, 6.45) is 0. The Hall–Kier alpha value is -2.53. The third-order valence-corrected chi connectivity index (χ3v) is 3.77. The molecule has 1 N–H and O–H groups in total. The zero-order chi connectivity index (χ0) is 17.5. The van der Waals surface area contributed by atoms with Crippen LogP contribution in [-0.4, -0.2) is 39.8 Å². The molecule has 24 heavy (non-hydrogen) atoms. The Morgan fingerprint density at radius 1 is 1.04 bits per heavy atom. The SMILES string of the molecule is COC[C@H](C)NC(=O)c1ccc(N(C)c2ccc(OC)cc2)cc1. The van der Waals surface area contributed by atoms with Crippen molar-refractivity contribution in [1.82, 2.24) is 5.32 Å². The highest BCUT2D eigenvalue weighted by atomic mass is 16.5. The minimum absolute atomic E-state index is 0.0239. The number of carbonyl (C=O) groups excluding carboxylic acids is 1. The van der Waals surface area contributed by atoms with Gasteiger partial charge in [-0.1, -0.05) is 0 Å². The molecule has 1 atom stereocenters. The van der Waals surface area contributed by atoms with E-state index in [-0.39, 0.29) is 11.9 Å². The Labute approximate surface area is 143 Å². The summed E-state index contributed by atoms with van der Waals surface area (Å²) in [5.41, 5.74) is 2.67. The Morgan fingerprint density at radius 2 is 1.58 bits per heavy atom. The molecule has 0 fully saturated rings. The summed E-state index contributed by atoms with van der Waals surface area (Å²) in [6.45, 7) is 2.40. The molecule has 0 heterocycles. The normalized spacial score (nSPS) is 11.7. The van der Waals surface area contributed by atoms with Crippen LogP contribution in [0.4, 0.5) is 11.4 Å². The Balaban J connectivity index is 2.06. The van der Waals surface area contributed by atoms with Crippen LogP contribution in [0, 0.1) is 0 Å². The summed E-state index contributed by atoms with van der Waals surface area (Å²) in [6, 6.07) is 15.3. The molecule has 1 amide bonds. The van der Waals surface area contributed by atoms with Crippen molar-refractivity contribution in [3.8, 4) is 5.75 Å². The number of nitrogens with one attached hydrogen (secondary N) is 1. The van der Waals surface area contributed by atoms with E-state index >= 15 is 0 Å². The number of amides is 1. The van der Waals surface area contributed by atoms with Crippen molar-refractivity contribution in [1.29, 1.82) is 0 Å². The van der Waals surface area contributed by atoms with Crippen molar-refractivity contribution < 1.29 is 14.3 Å². The zero-order valence-corrected chi connectivity index (χ0v) is 14.6. The Bertz CT molecular complexity index is 653. The van der Waals surface area contributed by atoms with Crippen molar-refractivity contribution in [3.63, 3.8) is 0 Å². The largest absolute Gasteiger partial charge is 0.497 e. The molecule has 0 unspecified atom stereocenters. The topological polar surface area (TPSA) is 50.8 Å². The van der Waals surface area contributed by atoms with Gasteiger partial charge in [0.25, 0.3) is 5.91 Å². The van der Waals surface area contributed by atoms with Gasteiger partial charge in [-0.15, -0.1) is 0 Å². The van der Waals surface area contributed by atoms with Crippen LogP contribution in [0.25, 0.3) is 0 Å². The molecule has 128 valence electrons. The van der Waals surface area contributed by atoms with Gasteiger partial charge < -0.3 is 19.7 Å². The second-order valence-corrected chi connectivity index (χ2v) is 5.63. The maximum atomic E-state index is 12.2. The van der Waals surface area contributed by atoms with Crippen molar-refractivity contribution in [2.24, 2.45) is 0 Å². The third-order valence-electron chi connectivity index (χ3n) is 3.77. The van der Waals surface area contributed by atoms with E-state index in [9.17, 15) is 4.79 Å². The lowest BCUT2D eigenvalue weighted by atomic mass is 10.1. The first-order chi connectivity index (χ1) is 11.5. The molecule has 0 saturated heterocycles. The van der Waals surface area contributed by atoms with Crippen LogP contribution in [-0.2, 0) is 4.74 Å². The molecular weight excluding hydrogens is 304 g/mol. The van der Waals surface area contributed by atoms with Gasteiger partial charge in [-0.2, -0.15) is 0 Å². The van der Waals surface area contributed by atoms with E-state index in [2.05, 4.69) is 10.2 Å². The van der Waals surface area contributed by atoms with Crippen LogP contribution in [0.5, 0.6) is 5.75 Å². The minimum atomic E-state index is -0.0989. The number of benzene rings is 2. The van der Waals surface area contributed by atoms with Crippen LogP contribution in [0.1, 0.15) is 17.3 Å². The molecule has 0 saturated carbocycles. The van der Waals surface area contributed by atoms with Crippen LogP contribution < -0.4 is 15.0 Å². The molecule has 5 heteroatoms. The Morgan fingerprint density at radius 3 is 2.08 bits per heavy atom. The van der Waals surface area contributed by atoms with Crippen molar-refractivity contribution >= 4 is 17.3 Å². The first-order valence-corrected chi connectivity index (χ1v) is 7.82. The standard InChI is InChI=1S/C19H24N2O3/c1-14(13-23-3)20-19(22)15-5-7-16(8-6-15)21(2)17-9-11-18(24-4)12-10-17/h5-12,14H,13H2,1-4H3,(H,20,22)/t14-/m0/s1. The summed E-state index contributed by atoms with van der Waals surface area (Å²) in [4.78, 5) is 14.2.